The predicted octanol–water partition coefficient (Wildman–Crippen LogP) is 1.20. The average molecular weight is 250 g/mol. The summed E-state index contributed by atoms with van der Waals surface area (Å²) in [6.07, 6.45) is 0. The molecule has 1 aromatic carbocycles. The maximum Gasteiger partial charge on any atom is 0.341 e. The minimum Gasteiger partial charge on any atom is -0.466 e. The number of ether oxygens (including phenoxy) is 2. The molecule has 0 saturated heterocycles. The highest BCUT2D eigenvalue weighted by Crippen LogP contribution is 2.40. The third-order valence-corrected chi connectivity index (χ3v) is 3.01. The molecule has 0 spiro atoms. The highest BCUT2D eigenvalue weighted by atomic mass is 16.7. The number of hydrogen-bond acceptors (Lipinski definition) is 5. The third kappa shape index (κ3) is 1.76. The molecule has 0 saturated carbocycles. The van der Waals surface area contributed by atoms with Gasteiger partial charge < -0.3 is 14.6 Å². The van der Waals surface area contributed by atoms with Crippen molar-refractivity contribution in [1.29, 1.82) is 0 Å². The molecule has 0 amide bonds. The molecule has 1 heterocycles. The summed E-state index contributed by atoms with van der Waals surface area (Å²) in [6.45, 7) is 3.34. The van der Waals surface area contributed by atoms with Crippen LogP contribution in [0.4, 0.5) is 0 Å². The van der Waals surface area contributed by atoms with Crippen LogP contribution in [0, 0.1) is 5.92 Å². The van der Waals surface area contributed by atoms with E-state index in [1.165, 1.54) is 6.92 Å². The molecule has 2 rings (SSSR count). The van der Waals surface area contributed by atoms with E-state index in [0.29, 0.717) is 5.56 Å². The van der Waals surface area contributed by atoms with Gasteiger partial charge in [0.25, 0.3) is 5.79 Å². The Balaban J connectivity index is 2.39. The Labute approximate surface area is 104 Å². The van der Waals surface area contributed by atoms with E-state index < -0.39 is 23.6 Å². The number of carbonyl (C=O) groups is 2. The second kappa shape index (κ2) is 4.42. The van der Waals surface area contributed by atoms with E-state index in [2.05, 4.69) is 0 Å². The Hall–Kier alpha value is -1.88. The van der Waals surface area contributed by atoms with Crippen molar-refractivity contribution in [2.75, 3.05) is 6.61 Å². The molecule has 0 fully saturated rings. The molecule has 2 unspecified atom stereocenters. The number of benzene rings is 1. The van der Waals surface area contributed by atoms with Crippen LogP contribution in [0.2, 0.25) is 0 Å². The average Bonchev–Trinajstić information content (AvgIpc) is 2.63. The van der Waals surface area contributed by atoms with Crippen LogP contribution in [0.5, 0.6) is 0 Å². The van der Waals surface area contributed by atoms with Gasteiger partial charge in [0.2, 0.25) is 0 Å². The van der Waals surface area contributed by atoms with Gasteiger partial charge in [-0.15, -0.1) is 0 Å². The van der Waals surface area contributed by atoms with Crippen molar-refractivity contribution in [3.8, 4) is 0 Å². The van der Waals surface area contributed by atoms with E-state index in [0.717, 1.165) is 0 Å². The summed E-state index contributed by atoms with van der Waals surface area (Å²) in [4.78, 5) is 23.3. The van der Waals surface area contributed by atoms with E-state index in [9.17, 15) is 14.7 Å². The van der Waals surface area contributed by atoms with Crippen LogP contribution >= 0.6 is 0 Å². The van der Waals surface area contributed by atoms with Crippen molar-refractivity contribution in [3.05, 3.63) is 35.4 Å². The van der Waals surface area contributed by atoms with Crippen molar-refractivity contribution in [3.63, 3.8) is 0 Å². The number of hydrogen-bond donors (Lipinski definition) is 1. The Morgan fingerprint density at radius 2 is 2.17 bits per heavy atom. The lowest BCUT2D eigenvalue weighted by molar-refractivity contribution is -0.209. The smallest absolute Gasteiger partial charge is 0.341 e. The van der Waals surface area contributed by atoms with E-state index in [-0.39, 0.29) is 12.2 Å². The van der Waals surface area contributed by atoms with Crippen molar-refractivity contribution >= 4 is 11.9 Å². The van der Waals surface area contributed by atoms with Crippen LogP contribution in [0.25, 0.3) is 0 Å². The third-order valence-electron chi connectivity index (χ3n) is 3.01. The Morgan fingerprint density at radius 3 is 2.83 bits per heavy atom. The van der Waals surface area contributed by atoms with Gasteiger partial charge in [-0.3, -0.25) is 4.79 Å². The van der Waals surface area contributed by atoms with Crippen LogP contribution in [-0.2, 0) is 20.1 Å². The Morgan fingerprint density at radius 1 is 1.50 bits per heavy atom. The van der Waals surface area contributed by atoms with Crippen molar-refractivity contribution < 1.29 is 24.2 Å². The minimum atomic E-state index is -1.94. The van der Waals surface area contributed by atoms with Gasteiger partial charge >= 0.3 is 11.9 Å². The topological polar surface area (TPSA) is 72.8 Å². The number of cyclic esters (lactones) is 1. The molecule has 96 valence electrons. The predicted molar refractivity (Wildman–Crippen MR) is 61.6 cm³/mol. The first-order valence-corrected chi connectivity index (χ1v) is 5.72. The molecular formula is C13H14O5. The fourth-order valence-electron chi connectivity index (χ4n) is 1.97. The second-order valence-corrected chi connectivity index (χ2v) is 4.11. The lowest BCUT2D eigenvalue weighted by Gasteiger charge is -2.27. The molecular weight excluding hydrogens is 236 g/mol. The zero-order chi connectivity index (χ0) is 13.3. The maximum absolute atomic E-state index is 11.7. The van der Waals surface area contributed by atoms with Gasteiger partial charge in [-0.05, 0) is 19.9 Å². The minimum absolute atomic E-state index is 0.203. The van der Waals surface area contributed by atoms with Gasteiger partial charge in [0.1, 0.15) is 5.92 Å². The first-order chi connectivity index (χ1) is 8.50. The Kier molecular flexibility index (Phi) is 3.09. The van der Waals surface area contributed by atoms with Crippen molar-refractivity contribution in [2.24, 2.45) is 5.92 Å². The van der Waals surface area contributed by atoms with E-state index in [1.54, 1.807) is 31.2 Å². The lowest BCUT2D eigenvalue weighted by Crippen LogP contribution is -2.39. The number of rotatable bonds is 3. The number of esters is 2. The van der Waals surface area contributed by atoms with Gasteiger partial charge in [-0.1, -0.05) is 18.2 Å². The molecule has 1 aromatic rings. The van der Waals surface area contributed by atoms with E-state index in [1.807, 2.05) is 0 Å². The molecule has 5 nitrogen and oxygen atoms in total. The number of aliphatic hydroxyl groups is 1. The van der Waals surface area contributed by atoms with Gasteiger partial charge in [0, 0.05) is 5.56 Å². The number of carbonyl (C=O) groups excluding carboxylic acids is 2. The van der Waals surface area contributed by atoms with Gasteiger partial charge in [0.05, 0.1) is 12.2 Å². The normalized spacial score (nSPS) is 23.2. The van der Waals surface area contributed by atoms with Crippen LogP contribution in [0.3, 0.4) is 0 Å². The molecule has 18 heavy (non-hydrogen) atoms. The molecule has 1 N–H and O–H groups in total. The Bertz CT molecular complexity index is 496. The molecule has 1 aliphatic rings. The van der Waals surface area contributed by atoms with Gasteiger partial charge in [-0.25, -0.2) is 4.79 Å². The summed E-state index contributed by atoms with van der Waals surface area (Å²) in [6, 6.07) is 6.45. The van der Waals surface area contributed by atoms with E-state index >= 15 is 0 Å². The van der Waals surface area contributed by atoms with Crippen LogP contribution in [0.1, 0.15) is 29.8 Å². The van der Waals surface area contributed by atoms with Gasteiger partial charge in [0.15, 0.2) is 0 Å². The SMILES string of the molecule is CCOC(=O)C(C)C1(O)OC(=O)c2ccccc21. The van der Waals surface area contributed by atoms with Crippen molar-refractivity contribution in [2.45, 2.75) is 19.6 Å². The molecule has 0 radical (unpaired) electrons. The summed E-state index contributed by atoms with van der Waals surface area (Å²) >= 11 is 0. The summed E-state index contributed by atoms with van der Waals surface area (Å²) in [5, 5.41) is 10.4. The monoisotopic (exact) mass is 250 g/mol. The van der Waals surface area contributed by atoms with E-state index in [4.69, 9.17) is 9.47 Å². The van der Waals surface area contributed by atoms with Crippen LogP contribution in [-0.4, -0.2) is 23.7 Å². The standard InChI is InChI=1S/C13H14O5/c1-3-17-11(14)8(2)13(16)10-7-5-4-6-9(10)12(15)18-13/h4-8,16H,3H2,1-2H3. The zero-order valence-corrected chi connectivity index (χ0v) is 10.2. The summed E-state index contributed by atoms with van der Waals surface area (Å²) in [5.41, 5.74) is 0.576. The molecule has 0 bridgehead atoms. The lowest BCUT2D eigenvalue weighted by atomic mass is 9.92. The summed E-state index contributed by atoms with van der Waals surface area (Å²) < 4.78 is 9.81. The largest absolute Gasteiger partial charge is 0.466 e. The number of fused-ring (bicyclic) bond motifs is 1. The quantitative estimate of drug-likeness (QED) is 0.816. The summed E-state index contributed by atoms with van der Waals surface area (Å²) in [5.74, 6) is -4.17. The van der Waals surface area contributed by atoms with Gasteiger partial charge in [-0.2, -0.15) is 0 Å². The highest BCUT2D eigenvalue weighted by Gasteiger charge is 2.51. The van der Waals surface area contributed by atoms with Crippen LogP contribution in [0.15, 0.2) is 24.3 Å². The van der Waals surface area contributed by atoms with Crippen molar-refractivity contribution in [1.82, 2.24) is 0 Å². The molecule has 0 aliphatic carbocycles. The fourth-order valence-corrected chi connectivity index (χ4v) is 1.97. The summed E-state index contributed by atoms with van der Waals surface area (Å²) in [7, 11) is 0. The second-order valence-electron chi connectivity index (χ2n) is 4.11. The van der Waals surface area contributed by atoms with Crippen LogP contribution < -0.4 is 0 Å². The maximum atomic E-state index is 11.7. The first-order valence-electron chi connectivity index (χ1n) is 5.72. The molecule has 0 aromatic heterocycles. The fraction of sp³-hybridized carbons (Fsp3) is 0.385. The first kappa shape index (κ1) is 12.6. The zero-order valence-electron chi connectivity index (χ0n) is 10.2. The highest BCUT2D eigenvalue weighted by molar-refractivity contribution is 5.95. The molecule has 1 aliphatic heterocycles. The molecule has 5 heteroatoms. The molecule has 2 atom stereocenters.